The van der Waals surface area contributed by atoms with Crippen molar-refractivity contribution in [3.63, 3.8) is 0 Å². The van der Waals surface area contributed by atoms with E-state index in [9.17, 15) is 4.79 Å². The third kappa shape index (κ3) is 4.14. The molecule has 3 nitrogen and oxygen atoms in total. The van der Waals surface area contributed by atoms with Crippen molar-refractivity contribution in [1.29, 1.82) is 0 Å². The molecule has 0 saturated carbocycles. The maximum Gasteiger partial charge on any atom is 0.253 e. The summed E-state index contributed by atoms with van der Waals surface area (Å²) in [5.74, 6) is -0.0826. The monoisotopic (exact) mass is 338 g/mol. The third-order valence-electron chi connectivity index (χ3n) is 2.67. The first kappa shape index (κ1) is 14.2. The minimum Gasteiger partial charge on any atom is -0.349 e. The lowest BCUT2D eigenvalue weighted by Crippen LogP contribution is -2.33. The van der Waals surface area contributed by atoms with Crippen molar-refractivity contribution < 1.29 is 4.79 Å². The summed E-state index contributed by atoms with van der Waals surface area (Å²) >= 11 is 5.02. The zero-order valence-corrected chi connectivity index (χ0v) is 13.2. The summed E-state index contributed by atoms with van der Waals surface area (Å²) in [5, 5.41) is 2.99. The van der Waals surface area contributed by atoms with Crippen LogP contribution in [0.15, 0.2) is 35.1 Å². The summed E-state index contributed by atoms with van der Waals surface area (Å²) in [4.78, 5) is 18.6. The number of nitrogens with one attached hydrogen (secondary N) is 1. The van der Waals surface area contributed by atoms with Gasteiger partial charge in [0, 0.05) is 28.4 Å². The van der Waals surface area contributed by atoms with Gasteiger partial charge in [-0.05, 0) is 54.0 Å². The molecule has 1 N–H and O–H groups in total. The summed E-state index contributed by atoms with van der Waals surface area (Å²) in [6, 6.07) is 7.85. The van der Waals surface area contributed by atoms with Crippen LogP contribution in [0, 0.1) is 6.92 Å². The average Bonchev–Trinajstić information content (AvgIpc) is 2.75. The molecule has 19 heavy (non-hydrogen) atoms. The molecule has 0 aliphatic rings. The number of halogens is 1. The highest BCUT2D eigenvalue weighted by Gasteiger charge is 2.11. The maximum absolute atomic E-state index is 12.0. The lowest BCUT2D eigenvalue weighted by molar-refractivity contribution is 0.0940. The summed E-state index contributed by atoms with van der Waals surface area (Å²) in [7, 11) is 0. The summed E-state index contributed by atoms with van der Waals surface area (Å²) in [5.41, 5.74) is 0.581. The Morgan fingerprint density at radius 1 is 1.42 bits per heavy atom. The average molecular weight is 339 g/mol. The van der Waals surface area contributed by atoms with Crippen molar-refractivity contribution in [1.82, 2.24) is 10.3 Å². The number of carbonyl (C=O) groups excluding carboxylic acids is 1. The van der Waals surface area contributed by atoms with E-state index in [1.165, 1.54) is 9.75 Å². The number of thiophene rings is 1. The fourth-order valence-corrected chi connectivity index (χ4v) is 3.02. The van der Waals surface area contributed by atoms with Crippen molar-refractivity contribution in [2.75, 3.05) is 0 Å². The van der Waals surface area contributed by atoms with E-state index in [4.69, 9.17) is 0 Å². The molecule has 0 aromatic carbocycles. The van der Waals surface area contributed by atoms with Crippen LogP contribution in [0.3, 0.4) is 0 Å². The fraction of sp³-hybridized carbons (Fsp3) is 0.286. The number of hydrogen-bond donors (Lipinski definition) is 1. The molecule has 0 spiro atoms. The number of rotatable bonds is 4. The highest BCUT2D eigenvalue weighted by molar-refractivity contribution is 9.10. The van der Waals surface area contributed by atoms with Crippen LogP contribution in [0.4, 0.5) is 0 Å². The number of pyridine rings is 1. The molecule has 0 aliphatic carbocycles. The lowest BCUT2D eigenvalue weighted by atomic mass is 10.2. The van der Waals surface area contributed by atoms with Gasteiger partial charge < -0.3 is 5.32 Å². The van der Waals surface area contributed by atoms with Gasteiger partial charge in [0.25, 0.3) is 5.91 Å². The van der Waals surface area contributed by atoms with Gasteiger partial charge >= 0.3 is 0 Å². The molecule has 2 rings (SSSR count). The number of aromatic nitrogens is 1. The minimum atomic E-state index is -0.0826. The molecule has 2 aromatic heterocycles. The van der Waals surface area contributed by atoms with E-state index >= 15 is 0 Å². The quantitative estimate of drug-likeness (QED) is 0.865. The largest absolute Gasteiger partial charge is 0.349 e. The Balaban J connectivity index is 1.93. The Morgan fingerprint density at radius 3 is 2.79 bits per heavy atom. The van der Waals surface area contributed by atoms with Gasteiger partial charge in [0.05, 0.1) is 5.56 Å². The molecule has 0 fully saturated rings. The van der Waals surface area contributed by atoms with Gasteiger partial charge in [-0.15, -0.1) is 11.3 Å². The minimum absolute atomic E-state index is 0.0826. The van der Waals surface area contributed by atoms with Gasteiger partial charge in [0.15, 0.2) is 0 Å². The third-order valence-corrected chi connectivity index (χ3v) is 4.16. The molecule has 0 saturated heterocycles. The van der Waals surface area contributed by atoms with Crippen LogP contribution in [-0.2, 0) is 6.42 Å². The van der Waals surface area contributed by atoms with Gasteiger partial charge in [-0.2, -0.15) is 0 Å². The molecule has 2 heterocycles. The number of nitrogens with zero attached hydrogens (tertiary/aromatic N) is 1. The predicted molar refractivity (Wildman–Crippen MR) is 81.6 cm³/mol. The Labute approximate surface area is 125 Å². The lowest BCUT2D eigenvalue weighted by Gasteiger charge is -2.12. The number of amides is 1. The van der Waals surface area contributed by atoms with Gasteiger partial charge in [-0.3, -0.25) is 4.79 Å². The smallest absolute Gasteiger partial charge is 0.253 e. The molecule has 1 unspecified atom stereocenters. The molecule has 100 valence electrons. The van der Waals surface area contributed by atoms with Crippen LogP contribution in [0.1, 0.15) is 27.0 Å². The molecular formula is C14H15BrN2OS. The van der Waals surface area contributed by atoms with Crippen LogP contribution >= 0.6 is 27.3 Å². The predicted octanol–water partition coefficient (Wildman–Crippen LogP) is 3.58. The van der Waals surface area contributed by atoms with Crippen molar-refractivity contribution in [3.05, 3.63) is 50.4 Å². The molecule has 2 aromatic rings. The van der Waals surface area contributed by atoms with Crippen molar-refractivity contribution in [3.8, 4) is 0 Å². The van der Waals surface area contributed by atoms with Crippen molar-refractivity contribution in [2.45, 2.75) is 26.3 Å². The summed E-state index contributed by atoms with van der Waals surface area (Å²) in [6.45, 7) is 4.10. The second kappa shape index (κ2) is 6.30. The van der Waals surface area contributed by atoms with Crippen LogP contribution in [0.2, 0.25) is 0 Å². The van der Waals surface area contributed by atoms with Crippen LogP contribution in [0.25, 0.3) is 0 Å². The number of hydrogen-bond acceptors (Lipinski definition) is 3. The molecule has 0 aliphatic heterocycles. The Hall–Kier alpha value is -1.20. The van der Waals surface area contributed by atoms with Crippen molar-refractivity contribution >= 4 is 33.2 Å². The van der Waals surface area contributed by atoms with E-state index in [2.05, 4.69) is 45.3 Å². The summed E-state index contributed by atoms with van der Waals surface area (Å²) < 4.78 is 0.728. The van der Waals surface area contributed by atoms with E-state index < -0.39 is 0 Å². The van der Waals surface area contributed by atoms with Crippen molar-refractivity contribution in [2.24, 2.45) is 0 Å². The number of carbonyl (C=O) groups is 1. The first-order valence-corrected chi connectivity index (χ1v) is 7.63. The molecule has 0 radical (unpaired) electrons. The Bertz CT molecular complexity index is 565. The fourth-order valence-electron chi connectivity index (χ4n) is 1.76. The zero-order chi connectivity index (χ0) is 13.8. The normalized spacial score (nSPS) is 12.2. The molecule has 5 heteroatoms. The van der Waals surface area contributed by atoms with E-state index in [-0.39, 0.29) is 11.9 Å². The Kier molecular flexibility index (Phi) is 4.71. The van der Waals surface area contributed by atoms with E-state index in [0.717, 1.165) is 11.0 Å². The second-order valence-electron chi connectivity index (χ2n) is 4.46. The van der Waals surface area contributed by atoms with Gasteiger partial charge in [0.2, 0.25) is 0 Å². The SMILES string of the molecule is Cc1ccc(CC(C)NC(=O)c2ccc(Br)nc2)s1. The van der Waals surface area contributed by atoms with E-state index in [1.807, 2.05) is 6.92 Å². The highest BCUT2D eigenvalue weighted by Crippen LogP contribution is 2.16. The van der Waals surface area contributed by atoms with Gasteiger partial charge in [-0.25, -0.2) is 4.98 Å². The standard InChI is InChI=1S/C14H15BrN2OS/c1-9(7-12-5-3-10(2)19-12)17-14(18)11-4-6-13(15)16-8-11/h3-6,8-9H,7H2,1-2H3,(H,17,18). The summed E-state index contributed by atoms with van der Waals surface area (Å²) in [6.07, 6.45) is 2.43. The van der Waals surface area contributed by atoms with Gasteiger partial charge in [-0.1, -0.05) is 0 Å². The Morgan fingerprint density at radius 2 is 2.21 bits per heavy atom. The molecule has 0 bridgehead atoms. The van der Waals surface area contributed by atoms with Crippen LogP contribution < -0.4 is 5.32 Å². The van der Waals surface area contributed by atoms with E-state index in [0.29, 0.717) is 5.56 Å². The van der Waals surface area contributed by atoms with Crippen LogP contribution in [-0.4, -0.2) is 16.9 Å². The zero-order valence-electron chi connectivity index (χ0n) is 10.8. The number of aryl methyl sites for hydroxylation is 1. The molecule has 1 amide bonds. The van der Waals surface area contributed by atoms with E-state index in [1.54, 1.807) is 29.7 Å². The first-order valence-electron chi connectivity index (χ1n) is 6.02. The molecule has 1 atom stereocenters. The topological polar surface area (TPSA) is 42.0 Å². The highest BCUT2D eigenvalue weighted by atomic mass is 79.9. The van der Waals surface area contributed by atoms with Gasteiger partial charge in [0.1, 0.15) is 4.60 Å². The molecular weight excluding hydrogens is 324 g/mol. The maximum atomic E-state index is 12.0. The second-order valence-corrected chi connectivity index (χ2v) is 6.65. The van der Waals surface area contributed by atoms with Crippen LogP contribution in [0.5, 0.6) is 0 Å². The first-order chi connectivity index (χ1) is 9.04.